The van der Waals surface area contributed by atoms with Gasteiger partial charge in [-0.25, -0.2) is 0 Å². The fourth-order valence-corrected chi connectivity index (χ4v) is 4.13. The van der Waals surface area contributed by atoms with Gasteiger partial charge in [-0.3, -0.25) is 19.3 Å². The fourth-order valence-electron chi connectivity index (χ4n) is 4.13. The Bertz CT molecular complexity index is 677. The van der Waals surface area contributed by atoms with Gasteiger partial charge in [0.2, 0.25) is 17.7 Å². The first-order valence-corrected chi connectivity index (χ1v) is 7.98. The highest BCUT2D eigenvalue weighted by Gasteiger charge is 2.74. The quantitative estimate of drug-likeness (QED) is 0.670. The van der Waals surface area contributed by atoms with E-state index in [0.29, 0.717) is 6.54 Å². The summed E-state index contributed by atoms with van der Waals surface area (Å²) in [6.45, 7) is 7.63. The van der Waals surface area contributed by atoms with Gasteiger partial charge >= 0.3 is 0 Å². The maximum Gasteiger partial charge on any atom is 0.246 e. The second-order valence-electron chi connectivity index (χ2n) is 7.29. The Morgan fingerprint density at radius 2 is 1.74 bits per heavy atom. The summed E-state index contributed by atoms with van der Waals surface area (Å²) in [5.41, 5.74) is -1.13. The molecular formula is C18H22N2O3. The van der Waals surface area contributed by atoms with E-state index in [-0.39, 0.29) is 17.7 Å². The lowest BCUT2D eigenvalue weighted by atomic mass is 9.60. The topological polar surface area (TPSA) is 66.5 Å². The summed E-state index contributed by atoms with van der Waals surface area (Å²) in [6.07, 6.45) is 0. The summed E-state index contributed by atoms with van der Waals surface area (Å²) in [5.74, 6) is -1.64. The first-order valence-electron chi connectivity index (χ1n) is 7.98. The predicted octanol–water partition coefficient (Wildman–Crippen LogP) is 1.89. The molecule has 1 aromatic carbocycles. The molecule has 2 aliphatic rings. The fraction of sp³-hybridized carbons (Fsp3) is 0.500. The van der Waals surface area contributed by atoms with E-state index >= 15 is 0 Å². The maximum absolute atomic E-state index is 13.0. The van der Waals surface area contributed by atoms with Gasteiger partial charge in [0.1, 0.15) is 5.41 Å². The first-order chi connectivity index (χ1) is 10.8. The molecule has 3 unspecified atom stereocenters. The van der Waals surface area contributed by atoms with E-state index in [1.54, 1.807) is 6.92 Å². The van der Waals surface area contributed by atoms with Gasteiger partial charge in [-0.1, -0.05) is 51.1 Å². The molecule has 5 heteroatoms. The van der Waals surface area contributed by atoms with Gasteiger partial charge in [0.25, 0.3) is 0 Å². The molecule has 2 saturated heterocycles. The van der Waals surface area contributed by atoms with Gasteiger partial charge in [0, 0.05) is 6.54 Å². The van der Waals surface area contributed by atoms with Crippen LogP contribution in [0.15, 0.2) is 30.3 Å². The van der Waals surface area contributed by atoms with Crippen molar-refractivity contribution >= 4 is 17.7 Å². The van der Waals surface area contributed by atoms with Crippen LogP contribution in [-0.4, -0.2) is 29.2 Å². The second kappa shape index (κ2) is 4.91. The van der Waals surface area contributed by atoms with E-state index < -0.39 is 22.8 Å². The van der Waals surface area contributed by atoms with E-state index in [1.807, 2.05) is 51.1 Å². The van der Waals surface area contributed by atoms with Crippen molar-refractivity contribution in [3.63, 3.8) is 0 Å². The number of fused-ring (bicyclic) bond motifs is 1. The molecule has 0 aromatic heterocycles. The lowest BCUT2D eigenvalue weighted by Gasteiger charge is -2.36. The highest BCUT2D eigenvalue weighted by molar-refractivity contribution is 6.21. The summed E-state index contributed by atoms with van der Waals surface area (Å²) in [6, 6.07) is 8.94. The molecule has 23 heavy (non-hydrogen) atoms. The molecule has 3 atom stereocenters. The zero-order valence-electron chi connectivity index (χ0n) is 13.9. The van der Waals surface area contributed by atoms with Crippen LogP contribution in [0.25, 0.3) is 0 Å². The van der Waals surface area contributed by atoms with Gasteiger partial charge in [-0.15, -0.1) is 0 Å². The van der Waals surface area contributed by atoms with Crippen LogP contribution in [0.5, 0.6) is 0 Å². The SMILES string of the molecule is CCN1C(=O)C2C(c3ccccc3)NC(=O)C2(C(C)(C)C)C1=O. The number of rotatable bonds is 2. The zero-order valence-corrected chi connectivity index (χ0v) is 13.9. The standard InChI is InChI=1S/C18H22N2O3/c1-5-20-14(21)12-13(11-9-7-6-8-10-11)19-15(22)18(12,16(20)23)17(2,3)4/h6-10,12-13H,5H2,1-4H3,(H,19,22). The summed E-state index contributed by atoms with van der Waals surface area (Å²) in [5, 5.41) is 2.92. The zero-order chi connectivity index (χ0) is 17.0. The monoisotopic (exact) mass is 314 g/mol. The lowest BCUT2D eigenvalue weighted by molar-refractivity contribution is -0.151. The van der Waals surface area contributed by atoms with Gasteiger partial charge in [0.05, 0.1) is 12.0 Å². The van der Waals surface area contributed by atoms with Crippen LogP contribution in [-0.2, 0) is 14.4 Å². The van der Waals surface area contributed by atoms with Crippen molar-refractivity contribution in [3.8, 4) is 0 Å². The molecule has 0 bridgehead atoms. The molecule has 2 fully saturated rings. The van der Waals surface area contributed by atoms with Crippen molar-refractivity contribution in [3.05, 3.63) is 35.9 Å². The first kappa shape index (κ1) is 15.7. The largest absolute Gasteiger partial charge is 0.347 e. The summed E-state index contributed by atoms with van der Waals surface area (Å²) in [7, 11) is 0. The van der Waals surface area contributed by atoms with Crippen LogP contribution in [0, 0.1) is 16.7 Å². The Balaban J connectivity index is 2.21. The number of nitrogens with zero attached hydrogens (tertiary/aromatic N) is 1. The van der Waals surface area contributed by atoms with E-state index in [9.17, 15) is 14.4 Å². The minimum atomic E-state index is -1.33. The molecule has 3 amide bonds. The molecule has 1 N–H and O–H groups in total. The van der Waals surface area contributed by atoms with Crippen LogP contribution in [0.1, 0.15) is 39.3 Å². The van der Waals surface area contributed by atoms with E-state index in [0.717, 1.165) is 5.56 Å². The van der Waals surface area contributed by atoms with Crippen LogP contribution in [0.3, 0.4) is 0 Å². The third kappa shape index (κ3) is 1.82. The number of benzene rings is 1. The number of imide groups is 1. The van der Waals surface area contributed by atoms with Gasteiger partial charge in [0.15, 0.2) is 0 Å². The number of carbonyl (C=O) groups excluding carboxylic acids is 3. The molecule has 0 aliphatic carbocycles. The molecule has 2 aliphatic heterocycles. The van der Waals surface area contributed by atoms with Crippen LogP contribution in [0.4, 0.5) is 0 Å². The average molecular weight is 314 g/mol. The summed E-state index contributed by atoms with van der Waals surface area (Å²) in [4.78, 5) is 40.1. The third-order valence-electron chi connectivity index (χ3n) is 5.22. The van der Waals surface area contributed by atoms with Gasteiger partial charge < -0.3 is 5.32 Å². The summed E-state index contributed by atoms with van der Waals surface area (Å²) >= 11 is 0. The summed E-state index contributed by atoms with van der Waals surface area (Å²) < 4.78 is 0. The van der Waals surface area contributed by atoms with E-state index in [4.69, 9.17) is 0 Å². The number of hydrogen-bond acceptors (Lipinski definition) is 3. The van der Waals surface area contributed by atoms with Crippen molar-refractivity contribution in [2.45, 2.75) is 33.7 Å². The highest BCUT2D eigenvalue weighted by Crippen LogP contribution is 2.58. The normalized spacial score (nSPS) is 30.6. The Hall–Kier alpha value is -2.17. The molecule has 2 heterocycles. The van der Waals surface area contributed by atoms with Gasteiger partial charge in [-0.2, -0.15) is 0 Å². The van der Waals surface area contributed by atoms with Crippen LogP contribution < -0.4 is 5.32 Å². The smallest absolute Gasteiger partial charge is 0.246 e. The van der Waals surface area contributed by atoms with Crippen molar-refractivity contribution in [2.24, 2.45) is 16.7 Å². The van der Waals surface area contributed by atoms with E-state index in [2.05, 4.69) is 5.32 Å². The average Bonchev–Trinajstić information content (AvgIpc) is 2.93. The van der Waals surface area contributed by atoms with E-state index in [1.165, 1.54) is 4.90 Å². The van der Waals surface area contributed by atoms with Crippen LogP contribution in [0.2, 0.25) is 0 Å². The third-order valence-corrected chi connectivity index (χ3v) is 5.22. The molecule has 3 rings (SSSR count). The Labute approximate surface area is 136 Å². The van der Waals surface area contributed by atoms with Crippen molar-refractivity contribution < 1.29 is 14.4 Å². The number of carbonyl (C=O) groups is 3. The Morgan fingerprint density at radius 3 is 2.26 bits per heavy atom. The molecule has 0 radical (unpaired) electrons. The minimum absolute atomic E-state index is 0.250. The highest BCUT2D eigenvalue weighted by atomic mass is 16.2. The maximum atomic E-state index is 13.0. The number of likely N-dealkylation sites (tertiary alicyclic amines) is 1. The molecule has 0 spiro atoms. The van der Waals surface area contributed by atoms with Gasteiger partial charge in [-0.05, 0) is 17.9 Å². The molecule has 122 valence electrons. The van der Waals surface area contributed by atoms with Crippen molar-refractivity contribution in [1.82, 2.24) is 10.2 Å². The van der Waals surface area contributed by atoms with Crippen LogP contribution >= 0.6 is 0 Å². The molecular weight excluding hydrogens is 292 g/mol. The molecule has 5 nitrogen and oxygen atoms in total. The van der Waals surface area contributed by atoms with Crippen molar-refractivity contribution in [2.75, 3.05) is 6.54 Å². The number of hydrogen-bond donors (Lipinski definition) is 1. The number of amides is 3. The lowest BCUT2D eigenvalue weighted by Crippen LogP contribution is -2.51. The molecule has 1 aromatic rings. The second-order valence-corrected chi connectivity index (χ2v) is 7.29. The minimum Gasteiger partial charge on any atom is -0.347 e. The molecule has 0 saturated carbocycles. The Morgan fingerprint density at radius 1 is 1.13 bits per heavy atom. The predicted molar refractivity (Wildman–Crippen MR) is 85.1 cm³/mol. The Kier molecular flexibility index (Phi) is 3.36. The van der Waals surface area contributed by atoms with Crippen molar-refractivity contribution in [1.29, 1.82) is 0 Å². The number of nitrogens with one attached hydrogen (secondary N) is 1.